The van der Waals surface area contributed by atoms with Crippen molar-refractivity contribution in [2.45, 2.75) is 57.3 Å². The van der Waals surface area contributed by atoms with Gasteiger partial charge in [-0.1, -0.05) is 118 Å². The minimum atomic E-state index is -0.115. The molecule has 2 aliphatic carbocycles. The number of nitrogens with zero attached hydrogens (tertiary/aromatic N) is 2. The van der Waals surface area contributed by atoms with E-state index >= 15 is 0 Å². The van der Waals surface area contributed by atoms with Crippen LogP contribution in [0.15, 0.2) is 156 Å². The zero-order valence-electron chi connectivity index (χ0n) is 30.8. The van der Waals surface area contributed by atoms with E-state index in [-0.39, 0.29) is 5.41 Å². The van der Waals surface area contributed by atoms with Crippen LogP contribution in [0.3, 0.4) is 0 Å². The fourth-order valence-corrected chi connectivity index (χ4v) is 9.84. The van der Waals surface area contributed by atoms with Crippen molar-refractivity contribution in [3.05, 3.63) is 168 Å². The summed E-state index contributed by atoms with van der Waals surface area (Å²) in [5.41, 5.74) is 15.5. The average molecular weight is 699 g/mol. The minimum Gasteiger partial charge on any atom is -0.456 e. The van der Waals surface area contributed by atoms with Crippen LogP contribution in [0, 0.1) is 0 Å². The number of furan rings is 1. The van der Waals surface area contributed by atoms with Crippen LogP contribution in [-0.2, 0) is 5.41 Å². The van der Waals surface area contributed by atoms with Crippen molar-refractivity contribution in [3.8, 4) is 16.8 Å². The molecule has 0 amide bonds. The zero-order chi connectivity index (χ0) is 36.0. The lowest BCUT2D eigenvalue weighted by atomic mass is 9.82. The van der Waals surface area contributed by atoms with E-state index < -0.39 is 0 Å². The Hall–Kier alpha value is -6.06. The molecule has 3 nitrogen and oxygen atoms in total. The Kier molecular flexibility index (Phi) is 6.98. The van der Waals surface area contributed by atoms with E-state index in [1.807, 2.05) is 6.07 Å². The number of benzene rings is 7. The Balaban J connectivity index is 1.14. The van der Waals surface area contributed by atoms with Gasteiger partial charge in [0.25, 0.3) is 0 Å². The summed E-state index contributed by atoms with van der Waals surface area (Å²) in [4.78, 5) is 2.42. The van der Waals surface area contributed by atoms with Gasteiger partial charge in [-0.15, -0.1) is 0 Å². The molecule has 7 aromatic carbocycles. The number of anilines is 3. The van der Waals surface area contributed by atoms with Gasteiger partial charge in [-0.25, -0.2) is 0 Å². The highest BCUT2D eigenvalue weighted by Gasteiger charge is 2.36. The summed E-state index contributed by atoms with van der Waals surface area (Å²) in [7, 11) is 0. The molecule has 3 heteroatoms. The number of hydrogen-bond donors (Lipinski definition) is 0. The van der Waals surface area contributed by atoms with Crippen molar-refractivity contribution in [2.24, 2.45) is 0 Å². The molecular weight excluding hydrogens is 657 g/mol. The molecule has 2 aliphatic rings. The third-order valence-corrected chi connectivity index (χ3v) is 12.6. The fourth-order valence-electron chi connectivity index (χ4n) is 9.84. The Morgan fingerprint density at radius 3 is 2.00 bits per heavy atom. The van der Waals surface area contributed by atoms with E-state index in [2.05, 4.69) is 169 Å². The lowest BCUT2D eigenvalue weighted by molar-refractivity contribution is 0.444. The first kappa shape index (κ1) is 31.5. The second-order valence-electron chi connectivity index (χ2n) is 16.0. The standard InChI is InChI=1S/C51H42N2O/c1-51(2)45-19-11-9-17-39(45)40-26-22-36(30-46(40)51)52(38-24-28-44-43-18-10-12-20-49(43)54-50(44)32-38)37-23-27-42-41-25-21-34(33-13-5-3-6-14-33)29-47(41)53(48(42)31-37)35-15-7-4-8-16-35/h4,7-12,15-33H,3,5-6,13-14H2,1-2H3. The first-order chi connectivity index (χ1) is 26.5. The van der Waals surface area contributed by atoms with Crippen LogP contribution >= 0.6 is 0 Å². The van der Waals surface area contributed by atoms with Gasteiger partial charge in [-0.05, 0) is 107 Å². The second-order valence-corrected chi connectivity index (χ2v) is 16.0. The van der Waals surface area contributed by atoms with E-state index in [1.165, 1.54) is 87.4 Å². The first-order valence-electron chi connectivity index (χ1n) is 19.6. The molecule has 2 heterocycles. The SMILES string of the molecule is CC1(C)c2ccccc2-c2ccc(N(c3ccc4c(c3)oc3ccccc34)c3ccc4c5ccc(C6CCCCC6)cc5n(-c5ccccc5)c4c3)cc21. The molecule has 262 valence electrons. The predicted octanol–water partition coefficient (Wildman–Crippen LogP) is 14.5. The summed E-state index contributed by atoms with van der Waals surface area (Å²) in [5, 5.41) is 4.84. The maximum absolute atomic E-state index is 6.48. The molecule has 0 saturated heterocycles. The van der Waals surface area contributed by atoms with Gasteiger partial charge in [0.15, 0.2) is 0 Å². The molecular formula is C51H42N2O. The Morgan fingerprint density at radius 1 is 0.519 bits per heavy atom. The van der Waals surface area contributed by atoms with Gasteiger partial charge < -0.3 is 13.9 Å². The van der Waals surface area contributed by atoms with E-state index in [9.17, 15) is 0 Å². The van der Waals surface area contributed by atoms with Crippen LogP contribution in [0.4, 0.5) is 17.1 Å². The lowest BCUT2D eigenvalue weighted by Crippen LogP contribution is -2.16. The van der Waals surface area contributed by atoms with Crippen molar-refractivity contribution in [3.63, 3.8) is 0 Å². The third kappa shape index (κ3) is 4.74. The molecule has 0 radical (unpaired) electrons. The summed E-state index contributed by atoms with van der Waals surface area (Å²) in [6.07, 6.45) is 6.59. The highest BCUT2D eigenvalue weighted by atomic mass is 16.3. The van der Waals surface area contributed by atoms with Crippen molar-refractivity contribution >= 4 is 60.8 Å². The molecule has 0 spiro atoms. The highest BCUT2D eigenvalue weighted by molar-refractivity contribution is 6.11. The second kappa shape index (κ2) is 12.0. The lowest BCUT2D eigenvalue weighted by Gasteiger charge is -2.28. The number of fused-ring (bicyclic) bond motifs is 9. The molecule has 9 aromatic rings. The van der Waals surface area contributed by atoms with Crippen molar-refractivity contribution in [2.75, 3.05) is 4.90 Å². The quantitative estimate of drug-likeness (QED) is 0.178. The van der Waals surface area contributed by atoms with Crippen LogP contribution in [0.2, 0.25) is 0 Å². The van der Waals surface area contributed by atoms with Gasteiger partial charge in [0.1, 0.15) is 11.2 Å². The van der Waals surface area contributed by atoms with Gasteiger partial charge in [0.2, 0.25) is 0 Å². The number of rotatable bonds is 5. The Morgan fingerprint density at radius 2 is 1.15 bits per heavy atom. The molecule has 0 atom stereocenters. The van der Waals surface area contributed by atoms with Crippen molar-refractivity contribution < 1.29 is 4.42 Å². The summed E-state index contributed by atoms with van der Waals surface area (Å²) in [6.45, 7) is 4.72. The predicted molar refractivity (Wildman–Crippen MR) is 226 cm³/mol. The molecule has 54 heavy (non-hydrogen) atoms. The monoisotopic (exact) mass is 698 g/mol. The van der Waals surface area contributed by atoms with Crippen LogP contribution in [-0.4, -0.2) is 4.57 Å². The van der Waals surface area contributed by atoms with Crippen LogP contribution in [0.5, 0.6) is 0 Å². The molecule has 1 saturated carbocycles. The molecule has 1 fully saturated rings. The third-order valence-electron chi connectivity index (χ3n) is 12.6. The molecule has 2 aromatic heterocycles. The van der Waals surface area contributed by atoms with E-state index in [0.29, 0.717) is 5.92 Å². The van der Waals surface area contributed by atoms with Crippen LogP contribution in [0.25, 0.3) is 60.6 Å². The van der Waals surface area contributed by atoms with Gasteiger partial charge in [0, 0.05) is 55.8 Å². The first-order valence-corrected chi connectivity index (χ1v) is 19.6. The molecule has 0 bridgehead atoms. The van der Waals surface area contributed by atoms with E-state index in [0.717, 1.165) is 39.0 Å². The van der Waals surface area contributed by atoms with Crippen LogP contribution < -0.4 is 4.90 Å². The van der Waals surface area contributed by atoms with Gasteiger partial charge in [-0.2, -0.15) is 0 Å². The molecule has 0 N–H and O–H groups in total. The maximum atomic E-state index is 6.48. The summed E-state index contributed by atoms with van der Waals surface area (Å²) in [6, 6.07) is 56.2. The van der Waals surface area contributed by atoms with E-state index in [1.54, 1.807) is 0 Å². The topological polar surface area (TPSA) is 21.3 Å². The number of aromatic nitrogens is 1. The van der Waals surface area contributed by atoms with Crippen molar-refractivity contribution in [1.82, 2.24) is 4.57 Å². The fraction of sp³-hybridized carbons (Fsp3) is 0.176. The Labute approximate surface area is 316 Å². The molecule has 11 rings (SSSR count). The van der Waals surface area contributed by atoms with E-state index in [4.69, 9.17) is 4.42 Å². The Bertz CT molecular complexity index is 2900. The minimum absolute atomic E-state index is 0.115. The highest BCUT2D eigenvalue weighted by Crippen LogP contribution is 2.51. The smallest absolute Gasteiger partial charge is 0.137 e. The molecule has 0 unspecified atom stereocenters. The number of para-hydroxylation sites is 2. The number of hydrogen-bond acceptors (Lipinski definition) is 2. The maximum Gasteiger partial charge on any atom is 0.137 e. The van der Waals surface area contributed by atoms with Crippen LogP contribution in [0.1, 0.15) is 68.6 Å². The zero-order valence-corrected chi connectivity index (χ0v) is 30.8. The summed E-state index contributed by atoms with van der Waals surface area (Å²) >= 11 is 0. The largest absolute Gasteiger partial charge is 0.456 e. The van der Waals surface area contributed by atoms with Crippen molar-refractivity contribution in [1.29, 1.82) is 0 Å². The summed E-state index contributed by atoms with van der Waals surface area (Å²) in [5.74, 6) is 0.639. The normalized spacial score (nSPS) is 15.3. The van der Waals surface area contributed by atoms with Gasteiger partial charge >= 0.3 is 0 Å². The average Bonchev–Trinajstić information content (AvgIpc) is 3.83. The molecule has 0 aliphatic heterocycles. The van der Waals surface area contributed by atoms with Gasteiger partial charge in [-0.3, -0.25) is 0 Å². The van der Waals surface area contributed by atoms with Gasteiger partial charge in [0.05, 0.1) is 11.0 Å². The summed E-state index contributed by atoms with van der Waals surface area (Å²) < 4.78 is 8.97.